The van der Waals surface area contributed by atoms with Crippen LogP contribution < -0.4 is 4.74 Å². The third-order valence-corrected chi connectivity index (χ3v) is 5.62. The molecule has 0 radical (unpaired) electrons. The van der Waals surface area contributed by atoms with Crippen molar-refractivity contribution in [2.24, 2.45) is 5.92 Å². The Morgan fingerprint density at radius 2 is 1.96 bits per heavy atom. The van der Waals surface area contributed by atoms with Gasteiger partial charge >= 0.3 is 0 Å². The van der Waals surface area contributed by atoms with Crippen LogP contribution in [0.15, 0.2) is 24.3 Å². The van der Waals surface area contributed by atoms with E-state index in [1.165, 1.54) is 5.56 Å². The lowest BCUT2D eigenvalue weighted by atomic mass is 9.87. The molecule has 2 saturated heterocycles. The van der Waals surface area contributed by atoms with Gasteiger partial charge in [-0.05, 0) is 63.9 Å². The first kappa shape index (κ1) is 16.3. The zero-order valence-corrected chi connectivity index (χ0v) is 14.5. The molecule has 1 amide bonds. The third kappa shape index (κ3) is 3.52. The number of likely N-dealkylation sites (tertiary alicyclic amines) is 2. The molecule has 4 nitrogen and oxygen atoms in total. The molecule has 0 N–H and O–H groups in total. The van der Waals surface area contributed by atoms with Crippen molar-refractivity contribution in [3.63, 3.8) is 0 Å². The average Bonchev–Trinajstić information content (AvgIpc) is 2.54. The Hall–Kier alpha value is -1.55. The summed E-state index contributed by atoms with van der Waals surface area (Å²) >= 11 is 0. The smallest absolute Gasteiger partial charge is 0.226 e. The number of amides is 1. The summed E-state index contributed by atoms with van der Waals surface area (Å²) in [7, 11) is 3.84. The molecule has 0 aromatic heterocycles. The normalized spacial score (nSPS) is 28.3. The summed E-state index contributed by atoms with van der Waals surface area (Å²) in [5.41, 5.74) is 1.28. The van der Waals surface area contributed by atoms with Crippen LogP contribution in [0.3, 0.4) is 0 Å². The summed E-state index contributed by atoms with van der Waals surface area (Å²) in [6, 6.07) is 9.11. The van der Waals surface area contributed by atoms with Gasteiger partial charge in [0.25, 0.3) is 0 Å². The average molecular weight is 316 g/mol. The Bertz CT molecular complexity index is 543. The summed E-state index contributed by atoms with van der Waals surface area (Å²) < 4.78 is 5.20. The fourth-order valence-electron chi connectivity index (χ4n) is 3.73. The number of hydrogen-bond acceptors (Lipinski definition) is 3. The van der Waals surface area contributed by atoms with E-state index in [2.05, 4.69) is 35.9 Å². The third-order valence-electron chi connectivity index (χ3n) is 5.62. The monoisotopic (exact) mass is 316 g/mol. The van der Waals surface area contributed by atoms with E-state index in [4.69, 9.17) is 4.74 Å². The Labute approximate surface area is 139 Å². The van der Waals surface area contributed by atoms with E-state index in [1.807, 2.05) is 12.1 Å². The van der Waals surface area contributed by atoms with Gasteiger partial charge in [-0.2, -0.15) is 0 Å². The van der Waals surface area contributed by atoms with Crippen molar-refractivity contribution in [3.8, 4) is 5.75 Å². The van der Waals surface area contributed by atoms with Crippen LogP contribution in [0, 0.1) is 5.92 Å². The maximum atomic E-state index is 12.8. The number of carbonyl (C=O) groups is 1. The van der Waals surface area contributed by atoms with Crippen LogP contribution in [0.4, 0.5) is 0 Å². The lowest BCUT2D eigenvalue weighted by Crippen LogP contribution is -2.55. The molecule has 126 valence electrons. The molecule has 3 atom stereocenters. The topological polar surface area (TPSA) is 32.8 Å². The molecule has 1 aromatic carbocycles. The van der Waals surface area contributed by atoms with Gasteiger partial charge in [0.2, 0.25) is 5.91 Å². The molecular formula is C19H28N2O2. The van der Waals surface area contributed by atoms with Crippen LogP contribution in [0.25, 0.3) is 0 Å². The molecule has 1 unspecified atom stereocenters. The molecule has 3 rings (SSSR count). The lowest BCUT2D eigenvalue weighted by Gasteiger charge is -2.45. The van der Waals surface area contributed by atoms with E-state index in [-0.39, 0.29) is 5.92 Å². The molecule has 2 fully saturated rings. The lowest BCUT2D eigenvalue weighted by molar-refractivity contribution is -0.145. The first-order chi connectivity index (χ1) is 11.1. The van der Waals surface area contributed by atoms with Crippen molar-refractivity contribution in [2.45, 2.75) is 44.7 Å². The van der Waals surface area contributed by atoms with Crippen molar-refractivity contribution in [1.82, 2.24) is 9.80 Å². The Morgan fingerprint density at radius 1 is 1.22 bits per heavy atom. The highest BCUT2D eigenvalue weighted by atomic mass is 16.5. The number of nitrogens with zero attached hydrogens (tertiary/aromatic N) is 2. The van der Waals surface area contributed by atoms with Crippen molar-refractivity contribution >= 4 is 5.91 Å². The number of methoxy groups -OCH3 is 1. The number of rotatable bonds is 4. The fourth-order valence-corrected chi connectivity index (χ4v) is 3.73. The standard InChI is InChI=1S/C19H28N2O2/c1-14-12-16(8-10-20(14)2)19(22)21-11-9-17(21)13-15-4-6-18(23-3)7-5-15/h4-7,14,16-17H,8-13H2,1-3H3/t14-,16-,17?/m1/s1. The first-order valence-corrected chi connectivity index (χ1v) is 8.72. The zero-order valence-electron chi connectivity index (χ0n) is 14.5. The zero-order chi connectivity index (χ0) is 16.4. The SMILES string of the molecule is COc1ccc(CC2CCN2C(=O)[C@@H]2CCN(C)[C@H](C)C2)cc1. The van der Waals surface area contributed by atoms with Gasteiger partial charge in [-0.1, -0.05) is 12.1 Å². The minimum absolute atomic E-state index is 0.222. The molecule has 0 saturated carbocycles. The van der Waals surface area contributed by atoms with Crippen molar-refractivity contribution < 1.29 is 9.53 Å². The highest BCUT2D eigenvalue weighted by Crippen LogP contribution is 2.29. The molecule has 2 heterocycles. The van der Waals surface area contributed by atoms with Gasteiger partial charge in [-0.15, -0.1) is 0 Å². The minimum atomic E-state index is 0.222. The van der Waals surface area contributed by atoms with E-state index >= 15 is 0 Å². The second-order valence-corrected chi connectivity index (χ2v) is 7.08. The molecule has 1 aromatic rings. The maximum Gasteiger partial charge on any atom is 0.226 e. The number of hydrogen-bond donors (Lipinski definition) is 0. The van der Waals surface area contributed by atoms with E-state index in [1.54, 1.807) is 7.11 Å². The van der Waals surface area contributed by atoms with Crippen molar-refractivity contribution in [2.75, 3.05) is 27.2 Å². The van der Waals surface area contributed by atoms with E-state index in [9.17, 15) is 4.79 Å². The van der Waals surface area contributed by atoms with Gasteiger partial charge in [0.1, 0.15) is 5.75 Å². The molecule has 4 heteroatoms. The van der Waals surface area contributed by atoms with Crippen LogP contribution >= 0.6 is 0 Å². The number of carbonyl (C=O) groups excluding carboxylic acids is 1. The molecule has 2 aliphatic rings. The van der Waals surface area contributed by atoms with Crippen molar-refractivity contribution in [3.05, 3.63) is 29.8 Å². The van der Waals surface area contributed by atoms with Crippen LogP contribution in [-0.2, 0) is 11.2 Å². The summed E-state index contributed by atoms with van der Waals surface area (Å²) in [4.78, 5) is 17.3. The highest BCUT2D eigenvalue weighted by Gasteiger charge is 2.37. The van der Waals surface area contributed by atoms with Gasteiger partial charge in [-0.3, -0.25) is 4.79 Å². The molecular weight excluding hydrogens is 288 g/mol. The second-order valence-electron chi connectivity index (χ2n) is 7.08. The number of ether oxygens (including phenoxy) is 1. The van der Waals surface area contributed by atoms with Crippen LogP contribution in [-0.4, -0.2) is 55.0 Å². The summed E-state index contributed by atoms with van der Waals surface area (Å²) in [5, 5.41) is 0. The summed E-state index contributed by atoms with van der Waals surface area (Å²) in [5.74, 6) is 1.49. The van der Waals surface area contributed by atoms with Crippen LogP contribution in [0.5, 0.6) is 5.75 Å². The Kier molecular flexibility index (Phi) is 4.90. The van der Waals surface area contributed by atoms with E-state index < -0.39 is 0 Å². The number of piperidine rings is 1. The van der Waals surface area contributed by atoms with Gasteiger partial charge in [0.05, 0.1) is 7.11 Å². The maximum absolute atomic E-state index is 12.8. The largest absolute Gasteiger partial charge is 0.497 e. The van der Waals surface area contributed by atoms with Gasteiger partial charge in [0, 0.05) is 24.5 Å². The van der Waals surface area contributed by atoms with Crippen molar-refractivity contribution in [1.29, 1.82) is 0 Å². The number of benzene rings is 1. The molecule has 0 bridgehead atoms. The predicted octanol–water partition coefficient (Wildman–Crippen LogP) is 2.57. The van der Waals surface area contributed by atoms with Crippen LogP contribution in [0.2, 0.25) is 0 Å². The Balaban J connectivity index is 1.57. The van der Waals surface area contributed by atoms with Gasteiger partial charge < -0.3 is 14.5 Å². The molecule has 23 heavy (non-hydrogen) atoms. The van der Waals surface area contributed by atoms with E-state index in [0.29, 0.717) is 18.0 Å². The highest BCUT2D eigenvalue weighted by molar-refractivity contribution is 5.80. The quantitative estimate of drug-likeness (QED) is 0.856. The predicted molar refractivity (Wildman–Crippen MR) is 91.6 cm³/mol. The first-order valence-electron chi connectivity index (χ1n) is 8.72. The van der Waals surface area contributed by atoms with Crippen LogP contribution in [0.1, 0.15) is 31.7 Å². The summed E-state index contributed by atoms with van der Waals surface area (Å²) in [6.07, 6.45) is 4.09. The van der Waals surface area contributed by atoms with Gasteiger partial charge in [-0.25, -0.2) is 0 Å². The minimum Gasteiger partial charge on any atom is -0.497 e. The second kappa shape index (κ2) is 6.91. The molecule has 2 aliphatic heterocycles. The van der Waals surface area contributed by atoms with E-state index in [0.717, 1.165) is 44.5 Å². The Morgan fingerprint density at radius 3 is 2.52 bits per heavy atom. The van der Waals surface area contributed by atoms with Gasteiger partial charge in [0.15, 0.2) is 0 Å². The fraction of sp³-hybridized carbons (Fsp3) is 0.632. The molecule has 0 spiro atoms. The molecule has 0 aliphatic carbocycles. The summed E-state index contributed by atoms with van der Waals surface area (Å²) in [6.45, 7) is 4.19.